The maximum absolute atomic E-state index is 8.85. The summed E-state index contributed by atoms with van der Waals surface area (Å²) in [4.78, 5) is 4.19. The molecule has 14 heavy (non-hydrogen) atoms. The van der Waals surface area contributed by atoms with Gasteiger partial charge in [-0.15, -0.1) is 0 Å². The van der Waals surface area contributed by atoms with Crippen molar-refractivity contribution in [2.24, 2.45) is 0 Å². The molecule has 0 aliphatic carbocycles. The number of aromatic nitrogens is 3. The summed E-state index contributed by atoms with van der Waals surface area (Å²) in [7, 11) is 0. The molecule has 4 heteroatoms. The summed E-state index contributed by atoms with van der Waals surface area (Å²) in [5, 5.41) is 12.9. The second kappa shape index (κ2) is 4.02. The first-order valence-corrected chi connectivity index (χ1v) is 4.40. The largest absolute Gasteiger partial charge is 0.392 e. The molecular formula is C10H11N3O. The van der Waals surface area contributed by atoms with Gasteiger partial charge in [0.2, 0.25) is 0 Å². The zero-order valence-corrected chi connectivity index (χ0v) is 7.67. The lowest BCUT2D eigenvalue weighted by Crippen LogP contribution is -2.01. The van der Waals surface area contributed by atoms with Gasteiger partial charge in [-0.05, 0) is 12.1 Å². The number of nitrogens with zero attached hydrogens (tertiary/aromatic N) is 3. The highest BCUT2D eigenvalue weighted by Gasteiger charge is 1.98. The standard InChI is InChI=1S/C10H11N3O/c14-8-9-5-12-13(6-9)7-10-3-1-2-4-11-10/h1-6,14H,7-8H2. The van der Waals surface area contributed by atoms with Crippen LogP contribution in [0.25, 0.3) is 0 Å². The monoisotopic (exact) mass is 189 g/mol. The minimum absolute atomic E-state index is 0.0300. The van der Waals surface area contributed by atoms with Crippen LogP contribution in [0.15, 0.2) is 36.8 Å². The van der Waals surface area contributed by atoms with E-state index in [1.807, 2.05) is 24.4 Å². The molecule has 0 spiro atoms. The molecule has 0 unspecified atom stereocenters. The number of rotatable bonds is 3. The number of aliphatic hydroxyl groups excluding tert-OH is 1. The molecule has 0 aliphatic rings. The summed E-state index contributed by atoms with van der Waals surface area (Å²) in [5.74, 6) is 0. The average molecular weight is 189 g/mol. The highest BCUT2D eigenvalue weighted by Crippen LogP contribution is 2.00. The van der Waals surface area contributed by atoms with Crippen LogP contribution in [-0.2, 0) is 13.2 Å². The van der Waals surface area contributed by atoms with Gasteiger partial charge in [0.15, 0.2) is 0 Å². The van der Waals surface area contributed by atoms with Crippen molar-refractivity contribution in [2.45, 2.75) is 13.2 Å². The van der Waals surface area contributed by atoms with Gasteiger partial charge in [0.1, 0.15) is 0 Å². The zero-order valence-electron chi connectivity index (χ0n) is 7.67. The van der Waals surface area contributed by atoms with Crippen molar-refractivity contribution in [2.75, 3.05) is 0 Å². The summed E-state index contributed by atoms with van der Waals surface area (Å²) >= 11 is 0. The van der Waals surface area contributed by atoms with E-state index in [1.54, 1.807) is 17.1 Å². The van der Waals surface area contributed by atoms with E-state index in [2.05, 4.69) is 10.1 Å². The van der Waals surface area contributed by atoms with Crippen LogP contribution in [0, 0.1) is 0 Å². The maximum Gasteiger partial charge on any atom is 0.0831 e. The molecule has 2 aromatic heterocycles. The minimum Gasteiger partial charge on any atom is -0.392 e. The summed E-state index contributed by atoms with van der Waals surface area (Å²) in [5.41, 5.74) is 1.78. The van der Waals surface area contributed by atoms with Crippen molar-refractivity contribution in [1.82, 2.24) is 14.8 Å². The van der Waals surface area contributed by atoms with Gasteiger partial charge in [0.25, 0.3) is 0 Å². The van der Waals surface area contributed by atoms with Crippen molar-refractivity contribution >= 4 is 0 Å². The van der Waals surface area contributed by atoms with Gasteiger partial charge in [-0.3, -0.25) is 9.67 Å². The molecule has 0 saturated carbocycles. The SMILES string of the molecule is OCc1cnn(Cc2ccccn2)c1. The Morgan fingerprint density at radius 2 is 2.29 bits per heavy atom. The minimum atomic E-state index is 0.0300. The van der Waals surface area contributed by atoms with Crippen molar-refractivity contribution in [3.63, 3.8) is 0 Å². The quantitative estimate of drug-likeness (QED) is 0.777. The van der Waals surface area contributed by atoms with E-state index in [-0.39, 0.29) is 6.61 Å². The van der Waals surface area contributed by atoms with Crippen molar-refractivity contribution in [3.8, 4) is 0 Å². The Bertz CT molecular complexity index is 397. The number of hydrogen-bond acceptors (Lipinski definition) is 3. The van der Waals surface area contributed by atoms with Crippen LogP contribution in [0.3, 0.4) is 0 Å². The van der Waals surface area contributed by atoms with Crippen LogP contribution in [0.5, 0.6) is 0 Å². The average Bonchev–Trinajstić information content (AvgIpc) is 2.67. The molecule has 72 valence electrons. The maximum atomic E-state index is 8.85. The molecule has 0 radical (unpaired) electrons. The van der Waals surface area contributed by atoms with Gasteiger partial charge in [-0.2, -0.15) is 5.10 Å². The van der Waals surface area contributed by atoms with Crippen LogP contribution in [-0.4, -0.2) is 19.9 Å². The molecule has 2 heterocycles. The highest BCUT2D eigenvalue weighted by atomic mass is 16.3. The van der Waals surface area contributed by atoms with Crippen LogP contribution in [0.2, 0.25) is 0 Å². The van der Waals surface area contributed by atoms with E-state index in [1.165, 1.54) is 0 Å². The summed E-state index contributed by atoms with van der Waals surface area (Å²) < 4.78 is 1.76. The predicted octanol–water partition coefficient (Wildman–Crippen LogP) is 0.819. The number of aliphatic hydroxyl groups is 1. The predicted molar refractivity (Wildman–Crippen MR) is 51.5 cm³/mol. The lowest BCUT2D eigenvalue weighted by Gasteiger charge is -1.99. The van der Waals surface area contributed by atoms with Crippen LogP contribution < -0.4 is 0 Å². The van der Waals surface area contributed by atoms with Crippen molar-refractivity contribution < 1.29 is 5.11 Å². The Balaban J connectivity index is 2.11. The van der Waals surface area contributed by atoms with Crippen LogP contribution >= 0.6 is 0 Å². The summed E-state index contributed by atoms with van der Waals surface area (Å²) in [6, 6.07) is 5.77. The third-order valence-corrected chi connectivity index (χ3v) is 1.92. The Labute approximate surface area is 81.8 Å². The molecule has 0 fully saturated rings. The zero-order chi connectivity index (χ0) is 9.80. The van der Waals surface area contributed by atoms with Gasteiger partial charge in [-0.25, -0.2) is 0 Å². The fourth-order valence-electron chi connectivity index (χ4n) is 1.23. The highest BCUT2D eigenvalue weighted by molar-refractivity contribution is 5.06. The first-order valence-electron chi connectivity index (χ1n) is 4.40. The van der Waals surface area contributed by atoms with Crippen molar-refractivity contribution in [3.05, 3.63) is 48.0 Å². The van der Waals surface area contributed by atoms with Gasteiger partial charge in [0, 0.05) is 18.0 Å². The normalized spacial score (nSPS) is 10.4. The lowest BCUT2D eigenvalue weighted by molar-refractivity contribution is 0.281. The van der Waals surface area contributed by atoms with Gasteiger partial charge >= 0.3 is 0 Å². The fourth-order valence-corrected chi connectivity index (χ4v) is 1.23. The van der Waals surface area contributed by atoms with Gasteiger partial charge < -0.3 is 5.11 Å². The van der Waals surface area contributed by atoms with E-state index in [0.29, 0.717) is 6.54 Å². The molecule has 0 saturated heterocycles. The van der Waals surface area contributed by atoms with E-state index in [9.17, 15) is 0 Å². The lowest BCUT2D eigenvalue weighted by atomic mass is 10.3. The van der Waals surface area contributed by atoms with Crippen LogP contribution in [0.1, 0.15) is 11.3 Å². The van der Waals surface area contributed by atoms with E-state index < -0.39 is 0 Å². The first kappa shape index (κ1) is 8.90. The van der Waals surface area contributed by atoms with E-state index in [4.69, 9.17) is 5.11 Å². The second-order valence-corrected chi connectivity index (χ2v) is 3.03. The third-order valence-electron chi connectivity index (χ3n) is 1.92. The molecular weight excluding hydrogens is 178 g/mol. The summed E-state index contributed by atoms with van der Waals surface area (Å²) in [6.45, 7) is 0.670. The number of pyridine rings is 1. The Morgan fingerprint density at radius 3 is 2.93 bits per heavy atom. The first-order chi connectivity index (χ1) is 6.88. The molecule has 0 aliphatic heterocycles. The summed E-state index contributed by atoms with van der Waals surface area (Å²) in [6.07, 6.45) is 5.23. The topological polar surface area (TPSA) is 50.9 Å². The Kier molecular flexibility index (Phi) is 2.55. The molecule has 0 aromatic carbocycles. The molecule has 0 bridgehead atoms. The van der Waals surface area contributed by atoms with Crippen LogP contribution in [0.4, 0.5) is 0 Å². The van der Waals surface area contributed by atoms with E-state index >= 15 is 0 Å². The Hall–Kier alpha value is -1.68. The van der Waals surface area contributed by atoms with Gasteiger partial charge in [0.05, 0.1) is 25.0 Å². The molecule has 4 nitrogen and oxygen atoms in total. The number of hydrogen-bond donors (Lipinski definition) is 1. The van der Waals surface area contributed by atoms with Crippen molar-refractivity contribution in [1.29, 1.82) is 0 Å². The van der Waals surface area contributed by atoms with E-state index in [0.717, 1.165) is 11.3 Å². The second-order valence-electron chi connectivity index (χ2n) is 3.03. The molecule has 0 amide bonds. The van der Waals surface area contributed by atoms with Gasteiger partial charge in [-0.1, -0.05) is 6.07 Å². The Morgan fingerprint density at radius 1 is 1.36 bits per heavy atom. The molecule has 0 atom stereocenters. The molecule has 2 rings (SSSR count). The smallest absolute Gasteiger partial charge is 0.0831 e. The fraction of sp³-hybridized carbons (Fsp3) is 0.200. The molecule has 2 aromatic rings. The third kappa shape index (κ3) is 1.97. The molecule has 1 N–H and O–H groups in total.